The maximum absolute atomic E-state index is 12.8. The van der Waals surface area contributed by atoms with Crippen LogP contribution in [0, 0.1) is 23.8 Å². The number of halogens is 3. The van der Waals surface area contributed by atoms with Crippen molar-refractivity contribution in [2.24, 2.45) is 17.8 Å². The standard InChI is InChI=1S/C25H26F3N3O2/c1-14-10-16(11-15-2-4-18(5-3-15)25(26,27)28)12-19(14)23-30-22-20(24(32)31-23)13-29-21(22)17-6-8-33-9-7-17/h2-5,14,16-17,19,21H,6-12H2,1H3/p+1/t14-,16?,19-,21?/m1/s1. The summed E-state index contributed by atoms with van der Waals surface area (Å²) >= 11 is 0. The molecule has 2 aliphatic heterocycles. The van der Waals surface area contributed by atoms with Gasteiger partial charge in [-0.15, -0.1) is 0 Å². The van der Waals surface area contributed by atoms with Crippen molar-refractivity contribution in [3.05, 3.63) is 67.7 Å². The number of ether oxygens (including phenoxy) is 1. The van der Waals surface area contributed by atoms with Gasteiger partial charge in [-0.3, -0.25) is 4.79 Å². The van der Waals surface area contributed by atoms with Gasteiger partial charge in [0, 0.05) is 25.0 Å². The summed E-state index contributed by atoms with van der Waals surface area (Å²) in [6.07, 6.45) is -0.0206. The molecule has 1 saturated heterocycles. The van der Waals surface area contributed by atoms with E-state index in [0.29, 0.717) is 42.4 Å². The van der Waals surface area contributed by atoms with E-state index in [-0.39, 0.29) is 17.5 Å². The van der Waals surface area contributed by atoms with Gasteiger partial charge >= 0.3 is 18.3 Å². The number of rotatable bonds is 4. The summed E-state index contributed by atoms with van der Waals surface area (Å²) in [6, 6.07) is 8.21. The molecule has 33 heavy (non-hydrogen) atoms. The van der Waals surface area contributed by atoms with Crippen molar-refractivity contribution in [1.82, 2.24) is 9.97 Å². The number of nitrogens with zero attached hydrogens (tertiary/aromatic N) is 2. The Labute approximate surface area is 190 Å². The lowest BCUT2D eigenvalue weighted by Gasteiger charge is -2.21. The average Bonchev–Trinajstić information content (AvgIpc) is 3.38. The van der Waals surface area contributed by atoms with E-state index in [2.05, 4.69) is 22.8 Å². The molecule has 1 aromatic heterocycles. The fourth-order valence-electron chi connectivity index (χ4n) is 5.65. The number of fused-ring (bicyclic) bond motifs is 1. The number of aromatic amines is 1. The second kappa shape index (κ2) is 8.60. The first-order chi connectivity index (χ1) is 15.8. The number of hydrogen-bond donors (Lipinski definition) is 1. The second-order valence-electron chi connectivity index (χ2n) is 9.67. The van der Waals surface area contributed by atoms with Crippen LogP contribution in [0.1, 0.15) is 72.8 Å². The predicted octanol–water partition coefficient (Wildman–Crippen LogP) is 5.32. The van der Waals surface area contributed by atoms with Crippen LogP contribution in [0.2, 0.25) is 0 Å². The lowest BCUT2D eigenvalue weighted by molar-refractivity contribution is -0.137. The second-order valence-corrected chi connectivity index (χ2v) is 9.67. The number of aromatic nitrogens is 2. The van der Waals surface area contributed by atoms with Crippen LogP contribution < -0.4 is 5.56 Å². The molecule has 2 unspecified atom stereocenters. The van der Waals surface area contributed by atoms with Crippen LogP contribution in [0.4, 0.5) is 13.2 Å². The molecule has 0 bridgehead atoms. The van der Waals surface area contributed by atoms with Gasteiger partial charge in [-0.2, -0.15) is 13.2 Å². The van der Waals surface area contributed by atoms with Gasteiger partial charge in [-0.1, -0.05) is 23.9 Å². The summed E-state index contributed by atoms with van der Waals surface area (Å²) in [5.74, 6) is 1.77. The summed E-state index contributed by atoms with van der Waals surface area (Å²) < 4.78 is 44.0. The number of benzene rings is 1. The maximum Gasteiger partial charge on any atom is 0.416 e. The third-order valence-corrected chi connectivity index (χ3v) is 7.41. The SMILES string of the molecule is C[C@@H]1CC(Cc2ccc(C(F)(F)F)cc2)C[C@H]1c1nc2c(c(=O)[nH]1)C#[N+]C2C1CCOCC1. The third kappa shape index (κ3) is 4.43. The monoisotopic (exact) mass is 458 g/mol. The third-order valence-electron chi connectivity index (χ3n) is 7.41. The molecule has 2 fully saturated rings. The molecule has 0 amide bonds. The van der Waals surface area contributed by atoms with Crippen LogP contribution in [-0.2, 0) is 17.3 Å². The zero-order valence-electron chi connectivity index (χ0n) is 18.5. The van der Waals surface area contributed by atoms with Gasteiger partial charge in [0.1, 0.15) is 5.82 Å². The quantitative estimate of drug-likeness (QED) is 0.674. The van der Waals surface area contributed by atoms with Crippen molar-refractivity contribution in [2.75, 3.05) is 13.2 Å². The van der Waals surface area contributed by atoms with Gasteiger partial charge in [-0.05, 0) is 61.6 Å². The normalized spacial score (nSPS) is 27.3. The number of nitrogens with one attached hydrogen (secondary N) is 1. The van der Waals surface area contributed by atoms with Gasteiger partial charge in [-0.25, -0.2) is 4.98 Å². The molecular formula is C25H27F3N3O2+. The Balaban J connectivity index is 1.32. The van der Waals surface area contributed by atoms with E-state index in [9.17, 15) is 18.0 Å². The minimum absolute atomic E-state index is 0.110. The molecule has 1 aliphatic carbocycles. The fraction of sp³-hybridized carbons (Fsp3) is 0.560. The van der Waals surface area contributed by atoms with Crippen molar-refractivity contribution >= 4 is 0 Å². The van der Waals surface area contributed by atoms with Crippen molar-refractivity contribution < 1.29 is 17.9 Å². The van der Waals surface area contributed by atoms with E-state index in [0.717, 1.165) is 55.5 Å². The summed E-state index contributed by atoms with van der Waals surface area (Å²) in [4.78, 5) is 25.2. The minimum Gasteiger partial charge on any atom is -0.381 e. The molecule has 2 aromatic rings. The van der Waals surface area contributed by atoms with E-state index in [1.165, 1.54) is 0 Å². The molecule has 174 valence electrons. The highest BCUT2D eigenvalue weighted by Gasteiger charge is 2.43. The average molecular weight is 459 g/mol. The first kappa shape index (κ1) is 22.1. The van der Waals surface area contributed by atoms with Crippen molar-refractivity contribution in [3.8, 4) is 6.07 Å². The topological polar surface area (TPSA) is 59.3 Å². The molecule has 5 nitrogen and oxygen atoms in total. The Kier molecular flexibility index (Phi) is 5.77. The smallest absolute Gasteiger partial charge is 0.381 e. The number of H-pyrrole nitrogens is 1. The molecular weight excluding hydrogens is 431 g/mol. The zero-order valence-corrected chi connectivity index (χ0v) is 18.5. The molecule has 4 atom stereocenters. The van der Waals surface area contributed by atoms with Crippen LogP contribution in [0.15, 0.2) is 29.1 Å². The molecule has 0 spiro atoms. The van der Waals surface area contributed by atoms with Gasteiger partial charge < -0.3 is 9.72 Å². The molecule has 1 N–H and O–H groups in total. The Morgan fingerprint density at radius 1 is 1.18 bits per heavy atom. The van der Waals surface area contributed by atoms with E-state index >= 15 is 0 Å². The fourth-order valence-corrected chi connectivity index (χ4v) is 5.65. The summed E-state index contributed by atoms with van der Waals surface area (Å²) in [5.41, 5.74) is 1.27. The van der Waals surface area contributed by atoms with E-state index < -0.39 is 11.7 Å². The van der Waals surface area contributed by atoms with Crippen LogP contribution in [0.3, 0.4) is 0 Å². The van der Waals surface area contributed by atoms with E-state index in [4.69, 9.17) is 9.72 Å². The van der Waals surface area contributed by atoms with E-state index in [1.807, 2.05) is 0 Å². The zero-order chi connectivity index (χ0) is 23.2. The summed E-state index contributed by atoms with van der Waals surface area (Å²) in [6.45, 7) is 3.56. The molecule has 1 saturated carbocycles. The van der Waals surface area contributed by atoms with Crippen molar-refractivity contribution in [3.63, 3.8) is 0 Å². The first-order valence-corrected chi connectivity index (χ1v) is 11.6. The summed E-state index contributed by atoms with van der Waals surface area (Å²) in [7, 11) is 0. The Morgan fingerprint density at radius 2 is 1.91 bits per heavy atom. The first-order valence-electron chi connectivity index (χ1n) is 11.6. The van der Waals surface area contributed by atoms with Crippen LogP contribution >= 0.6 is 0 Å². The van der Waals surface area contributed by atoms with Crippen molar-refractivity contribution in [2.45, 2.75) is 57.2 Å². The predicted molar refractivity (Wildman–Crippen MR) is 117 cm³/mol. The maximum atomic E-state index is 12.8. The Hall–Kier alpha value is -2.66. The lowest BCUT2D eigenvalue weighted by atomic mass is 9.89. The number of alkyl halides is 3. The molecule has 3 heterocycles. The highest BCUT2D eigenvalue weighted by atomic mass is 19.4. The van der Waals surface area contributed by atoms with Gasteiger partial charge in [0.15, 0.2) is 11.3 Å². The van der Waals surface area contributed by atoms with Gasteiger partial charge in [0.25, 0.3) is 5.56 Å². The summed E-state index contributed by atoms with van der Waals surface area (Å²) in [5, 5.41) is 0. The lowest BCUT2D eigenvalue weighted by Crippen LogP contribution is -2.25. The molecule has 0 radical (unpaired) electrons. The van der Waals surface area contributed by atoms with Crippen LogP contribution in [-0.4, -0.2) is 23.2 Å². The molecule has 8 heteroatoms. The Morgan fingerprint density at radius 3 is 2.61 bits per heavy atom. The van der Waals surface area contributed by atoms with Crippen molar-refractivity contribution in [1.29, 1.82) is 0 Å². The van der Waals surface area contributed by atoms with Gasteiger partial charge in [0.2, 0.25) is 0 Å². The highest BCUT2D eigenvalue weighted by molar-refractivity contribution is 5.43. The van der Waals surface area contributed by atoms with Crippen LogP contribution in [0.5, 0.6) is 0 Å². The minimum atomic E-state index is -4.32. The highest BCUT2D eigenvalue weighted by Crippen LogP contribution is 2.44. The molecule has 5 rings (SSSR count). The largest absolute Gasteiger partial charge is 0.416 e. The number of hydrogen-bond acceptors (Lipinski definition) is 3. The van der Waals surface area contributed by atoms with E-state index in [1.54, 1.807) is 12.1 Å². The molecule has 1 aromatic carbocycles. The van der Waals surface area contributed by atoms with Crippen LogP contribution in [0.25, 0.3) is 4.85 Å². The molecule has 3 aliphatic rings. The van der Waals surface area contributed by atoms with Gasteiger partial charge in [0.05, 0.1) is 5.56 Å². The Bertz CT molecular complexity index is 1140.